The second kappa shape index (κ2) is 7.30. The Labute approximate surface area is 183 Å². The van der Waals surface area contributed by atoms with Crippen molar-refractivity contribution in [3.05, 3.63) is 71.8 Å². The van der Waals surface area contributed by atoms with Crippen LogP contribution >= 0.6 is 0 Å². The molecule has 0 aliphatic carbocycles. The SMILES string of the molecule is C=CCC1(C)C(=O)Nc2nc(-c3nn(Cc4ccccc4C)c4ncc(F)cc34)nnc21. The van der Waals surface area contributed by atoms with Crippen molar-refractivity contribution in [3.8, 4) is 11.5 Å². The fraction of sp³-hybridized carbons (Fsp3) is 0.217. The number of rotatable bonds is 5. The van der Waals surface area contributed by atoms with E-state index in [4.69, 9.17) is 0 Å². The summed E-state index contributed by atoms with van der Waals surface area (Å²) in [5.74, 6) is -0.188. The topological polar surface area (TPSA) is 98.5 Å². The van der Waals surface area contributed by atoms with Crippen molar-refractivity contribution in [3.63, 3.8) is 0 Å². The number of aromatic nitrogens is 6. The summed E-state index contributed by atoms with van der Waals surface area (Å²) in [6, 6.07) is 9.31. The maximum atomic E-state index is 14.1. The quantitative estimate of drug-likeness (QED) is 0.487. The Morgan fingerprint density at radius 3 is 2.88 bits per heavy atom. The summed E-state index contributed by atoms with van der Waals surface area (Å²) in [6.07, 6.45) is 3.23. The second-order valence-electron chi connectivity index (χ2n) is 8.07. The normalized spacial score (nSPS) is 17.4. The molecule has 1 atom stereocenters. The zero-order valence-electron chi connectivity index (χ0n) is 17.6. The molecule has 0 radical (unpaired) electrons. The molecule has 1 N–H and O–H groups in total. The molecule has 3 aromatic heterocycles. The zero-order chi connectivity index (χ0) is 22.5. The minimum absolute atomic E-state index is 0.188. The van der Waals surface area contributed by atoms with Gasteiger partial charge in [-0.15, -0.1) is 16.8 Å². The van der Waals surface area contributed by atoms with Crippen molar-refractivity contribution in [1.82, 2.24) is 29.9 Å². The van der Waals surface area contributed by atoms with Crippen molar-refractivity contribution < 1.29 is 9.18 Å². The van der Waals surface area contributed by atoms with E-state index in [1.165, 1.54) is 6.07 Å². The number of nitrogens with one attached hydrogen (secondary N) is 1. The molecule has 5 rings (SSSR count). The average molecular weight is 429 g/mol. The molecule has 1 aliphatic rings. The Kier molecular flexibility index (Phi) is 4.54. The third-order valence-electron chi connectivity index (χ3n) is 5.84. The van der Waals surface area contributed by atoms with E-state index >= 15 is 0 Å². The van der Waals surface area contributed by atoms with Gasteiger partial charge >= 0.3 is 0 Å². The summed E-state index contributed by atoms with van der Waals surface area (Å²) < 4.78 is 15.8. The number of carbonyl (C=O) groups is 1. The van der Waals surface area contributed by atoms with Crippen molar-refractivity contribution >= 4 is 22.8 Å². The van der Waals surface area contributed by atoms with Crippen LogP contribution < -0.4 is 5.32 Å². The highest BCUT2D eigenvalue weighted by molar-refractivity contribution is 6.04. The molecule has 1 aromatic carbocycles. The lowest BCUT2D eigenvalue weighted by Crippen LogP contribution is -2.31. The molecule has 8 nitrogen and oxygen atoms in total. The number of carbonyl (C=O) groups excluding carboxylic acids is 1. The number of amides is 1. The summed E-state index contributed by atoms with van der Waals surface area (Å²) >= 11 is 0. The number of halogens is 1. The summed E-state index contributed by atoms with van der Waals surface area (Å²) in [5.41, 5.74) is 2.61. The van der Waals surface area contributed by atoms with Gasteiger partial charge in [0.05, 0.1) is 23.5 Å². The predicted molar refractivity (Wildman–Crippen MR) is 117 cm³/mol. The van der Waals surface area contributed by atoms with E-state index < -0.39 is 11.2 Å². The van der Waals surface area contributed by atoms with Gasteiger partial charge in [0.15, 0.2) is 11.5 Å². The number of fused-ring (bicyclic) bond motifs is 2. The lowest BCUT2D eigenvalue weighted by molar-refractivity contribution is -0.120. The Morgan fingerprint density at radius 1 is 1.28 bits per heavy atom. The predicted octanol–water partition coefficient (Wildman–Crippen LogP) is 3.57. The molecular weight excluding hydrogens is 409 g/mol. The van der Waals surface area contributed by atoms with E-state index in [2.05, 4.69) is 37.2 Å². The highest BCUT2D eigenvalue weighted by Gasteiger charge is 2.45. The van der Waals surface area contributed by atoms with E-state index in [0.717, 1.165) is 17.3 Å². The summed E-state index contributed by atoms with van der Waals surface area (Å²) in [5, 5.41) is 16.4. The molecule has 0 spiro atoms. The lowest BCUT2D eigenvalue weighted by Gasteiger charge is -2.17. The standard InChI is InChI=1S/C23H20FN7O/c1-4-9-23(3)18-20(27-22(23)32)26-19(29-28-18)17-16-10-15(24)11-25-21(16)31(30-17)12-14-8-6-5-7-13(14)2/h4-8,10-11H,1,9,12H2,2-3H3,(H,26,27,29,32). The molecule has 1 aliphatic heterocycles. The molecular formula is C23H20FN7O. The van der Waals surface area contributed by atoms with E-state index in [0.29, 0.717) is 41.2 Å². The second-order valence-corrected chi connectivity index (χ2v) is 8.07. The molecule has 4 heterocycles. The number of benzene rings is 1. The monoisotopic (exact) mass is 429 g/mol. The lowest BCUT2D eigenvalue weighted by atomic mass is 9.85. The number of allylic oxidation sites excluding steroid dienone is 1. The molecule has 32 heavy (non-hydrogen) atoms. The smallest absolute Gasteiger partial charge is 0.238 e. The van der Waals surface area contributed by atoms with Crippen LogP contribution in [0.1, 0.15) is 30.2 Å². The number of nitrogens with zero attached hydrogens (tertiary/aromatic N) is 6. The van der Waals surface area contributed by atoms with Gasteiger partial charge in [-0.05, 0) is 37.5 Å². The van der Waals surface area contributed by atoms with Crippen molar-refractivity contribution in [2.75, 3.05) is 5.32 Å². The first kappa shape index (κ1) is 19.9. The van der Waals surface area contributed by atoms with E-state index in [1.807, 2.05) is 31.2 Å². The fourth-order valence-electron chi connectivity index (χ4n) is 3.97. The van der Waals surface area contributed by atoms with Crippen LogP contribution in [0.4, 0.5) is 10.2 Å². The van der Waals surface area contributed by atoms with E-state index in [-0.39, 0.29) is 11.7 Å². The summed E-state index contributed by atoms with van der Waals surface area (Å²) in [7, 11) is 0. The zero-order valence-corrected chi connectivity index (χ0v) is 17.6. The first-order valence-corrected chi connectivity index (χ1v) is 10.1. The van der Waals surface area contributed by atoms with Gasteiger partial charge < -0.3 is 5.32 Å². The highest BCUT2D eigenvalue weighted by Crippen LogP contribution is 2.38. The van der Waals surface area contributed by atoms with E-state index in [1.54, 1.807) is 17.7 Å². The molecule has 1 amide bonds. The van der Waals surface area contributed by atoms with Crippen LogP contribution in [0.2, 0.25) is 0 Å². The Hall–Kier alpha value is -4.01. The molecule has 1 unspecified atom stereocenters. The summed E-state index contributed by atoms with van der Waals surface area (Å²) in [6.45, 7) is 7.97. The van der Waals surface area contributed by atoms with Crippen LogP contribution in [0.25, 0.3) is 22.6 Å². The largest absolute Gasteiger partial charge is 0.308 e. The Morgan fingerprint density at radius 2 is 2.09 bits per heavy atom. The molecule has 0 saturated carbocycles. The van der Waals surface area contributed by atoms with Crippen molar-refractivity contribution in [1.29, 1.82) is 0 Å². The van der Waals surface area contributed by atoms with Crippen LogP contribution in [0.15, 0.2) is 49.2 Å². The van der Waals surface area contributed by atoms with Crippen LogP contribution in [0.3, 0.4) is 0 Å². The van der Waals surface area contributed by atoms with Gasteiger partial charge in [-0.25, -0.2) is 19.0 Å². The number of aryl methyl sites for hydroxylation is 1. The molecule has 4 aromatic rings. The third kappa shape index (κ3) is 3.05. The molecule has 160 valence electrons. The molecule has 0 saturated heterocycles. The van der Waals surface area contributed by atoms with Crippen LogP contribution in [-0.2, 0) is 16.8 Å². The van der Waals surface area contributed by atoms with Crippen LogP contribution in [0, 0.1) is 12.7 Å². The summed E-state index contributed by atoms with van der Waals surface area (Å²) in [4.78, 5) is 21.3. The van der Waals surface area contributed by atoms with Crippen molar-refractivity contribution in [2.45, 2.75) is 32.2 Å². The molecule has 9 heteroatoms. The van der Waals surface area contributed by atoms with Crippen LogP contribution in [0.5, 0.6) is 0 Å². The Balaban J connectivity index is 1.63. The number of hydrogen-bond acceptors (Lipinski definition) is 6. The first-order chi connectivity index (χ1) is 15.4. The average Bonchev–Trinajstić information content (AvgIpc) is 3.24. The van der Waals surface area contributed by atoms with Gasteiger partial charge in [0.25, 0.3) is 0 Å². The highest BCUT2D eigenvalue weighted by atomic mass is 19.1. The maximum Gasteiger partial charge on any atom is 0.238 e. The fourth-order valence-corrected chi connectivity index (χ4v) is 3.97. The Bertz CT molecular complexity index is 1400. The number of pyridine rings is 1. The number of anilines is 1. The molecule has 0 bridgehead atoms. The minimum atomic E-state index is -0.879. The van der Waals surface area contributed by atoms with Gasteiger partial charge in [-0.2, -0.15) is 5.10 Å². The van der Waals surface area contributed by atoms with E-state index in [9.17, 15) is 9.18 Å². The third-order valence-corrected chi connectivity index (χ3v) is 5.84. The number of hydrogen-bond donors (Lipinski definition) is 1. The van der Waals surface area contributed by atoms with Gasteiger partial charge in [-0.3, -0.25) is 4.79 Å². The van der Waals surface area contributed by atoms with Gasteiger partial charge in [0.2, 0.25) is 11.7 Å². The van der Waals surface area contributed by atoms with Crippen molar-refractivity contribution in [2.24, 2.45) is 0 Å². The van der Waals surface area contributed by atoms with Crippen LogP contribution in [-0.4, -0.2) is 35.9 Å². The van der Waals surface area contributed by atoms with Gasteiger partial charge in [0.1, 0.15) is 17.2 Å². The minimum Gasteiger partial charge on any atom is -0.308 e. The van der Waals surface area contributed by atoms with Gasteiger partial charge in [-0.1, -0.05) is 30.3 Å². The van der Waals surface area contributed by atoms with Gasteiger partial charge in [0, 0.05) is 0 Å². The molecule has 0 fully saturated rings. The maximum absolute atomic E-state index is 14.1. The first-order valence-electron chi connectivity index (χ1n) is 10.1.